The number of piperidine rings is 1. The molecule has 0 bridgehead atoms. The first-order chi connectivity index (χ1) is 14.0. The van der Waals surface area contributed by atoms with Crippen LogP contribution in [-0.4, -0.2) is 47.0 Å². The van der Waals surface area contributed by atoms with Gasteiger partial charge in [0.05, 0.1) is 11.1 Å². The molecule has 0 saturated carbocycles. The zero-order valence-electron chi connectivity index (χ0n) is 15.3. The zero-order chi connectivity index (χ0) is 20.4. The molecule has 10 heteroatoms. The van der Waals surface area contributed by atoms with Crippen LogP contribution in [0.3, 0.4) is 0 Å². The Hall–Kier alpha value is -3.11. The molecule has 0 unspecified atom stereocenters. The van der Waals surface area contributed by atoms with Crippen LogP contribution in [0, 0.1) is 10.1 Å². The van der Waals surface area contributed by atoms with Gasteiger partial charge in [-0.2, -0.15) is 9.40 Å². The number of hydrogen-bond donors (Lipinski definition) is 0. The number of fused-ring (bicyclic) bond motifs is 1. The molecule has 0 atom stereocenters. The lowest BCUT2D eigenvalue weighted by molar-refractivity contribution is -0.387. The van der Waals surface area contributed by atoms with Crippen molar-refractivity contribution in [3.05, 3.63) is 64.8 Å². The molecule has 29 heavy (non-hydrogen) atoms. The zero-order valence-corrected chi connectivity index (χ0v) is 16.2. The van der Waals surface area contributed by atoms with E-state index in [0.717, 1.165) is 10.8 Å². The molecule has 0 aliphatic carbocycles. The predicted molar refractivity (Wildman–Crippen MR) is 105 cm³/mol. The largest absolute Gasteiger partial charge is 0.473 e. The summed E-state index contributed by atoms with van der Waals surface area (Å²) in [5, 5.41) is 21.0. The number of nitro benzene ring substituents is 1. The minimum Gasteiger partial charge on any atom is -0.473 e. The minimum absolute atomic E-state index is 0.206. The van der Waals surface area contributed by atoms with Crippen molar-refractivity contribution >= 4 is 26.5 Å². The highest BCUT2D eigenvalue weighted by atomic mass is 32.2. The van der Waals surface area contributed by atoms with E-state index in [1.807, 2.05) is 24.3 Å². The average Bonchev–Trinajstić information content (AvgIpc) is 2.74. The summed E-state index contributed by atoms with van der Waals surface area (Å²) in [6.07, 6.45) is 2.34. The Morgan fingerprint density at radius 2 is 1.76 bits per heavy atom. The van der Waals surface area contributed by atoms with E-state index >= 15 is 0 Å². The van der Waals surface area contributed by atoms with Crippen molar-refractivity contribution in [2.24, 2.45) is 0 Å². The summed E-state index contributed by atoms with van der Waals surface area (Å²) in [4.78, 5) is 10.2. The molecule has 2 heterocycles. The quantitative estimate of drug-likeness (QED) is 0.465. The molecule has 9 nitrogen and oxygen atoms in total. The summed E-state index contributed by atoms with van der Waals surface area (Å²) < 4.78 is 33.1. The summed E-state index contributed by atoms with van der Waals surface area (Å²) in [6.45, 7) is 0.411. The second kappa shape index (κ2) is 7.72. The average molecular weight is 414 g/mol. The van der Waals surface area contributed by atoms with Crippen molar-refractivity contribution in [1.29, 1.82) is 0 Å². The van der Waals surface area contributed by atoms with E-state index < -0.39 is 20.6 Å². The molecule has 3 aromatic rings. The normalized spacial score (nSPS) is 16.0. The lowest BCUT2D eigenvalue weighted by atomic mass is 10.1. The van der Waals surface area contributed by atoms with Crippen molar-refractivity contribution in [3.63, 3.8) is 0 Å². The van der Waals surface area contributed by atoms with Gasteiger partial charge in [0, 0.05) is 29.9 Å². The molecule has 0 N–H and O–H groups in total. The minimum atomic E-state index is -3.96. The van der Waals surface area contributed by atoms with Gasteiger partial charge in [-0.15, -0.1) is 5.10 Å². The summed E-state index contributed by atoms with van der Waals surface area (Å²) >= 11 is 0. The number of nitrogens with zero attached hydrogens (tertiary/aromatic N) is 4. The van der Waals surface area contributed by atoms with Crippen molar-refractivity contribution in [1.82, 2.24) is 14.5 Å². The Morgan fingerprint density at radius 3 is 2.52 bits per heavy atom. The Bertz CT molecular complexity index is 1150. The molecule has 4 rings (SSSR count). The van der Waals surface area contributed by atoms with Gasteiger partial charge in [-0.05, 0) is 25.0 Å². The fourth-order valence-electron chi connectivity index (χ4n) is 3.40. The third kappa shape index (κ3) is 3.76. The van der Waals surface area contributed by atoms with Gasteiger partial charge in [-0.3, -0.25) is 10.1 Å². The van der Waals surface area contributed by atoms with Gasteiger partial charge in [0.15, 0.2) is 4.90 Å². The first kappa shape index (κ1) is 19.2. The maximum absolute atomic E-state index is 12.9. The number of benzene rings is 2. The maximum atomic E-state index is 12.9. The number of aromatic nitrogens is 2. The predicted octanol–water partition coefficient (Wildman–Crippen LogP) is 2.77. The summed E-state index contributed by atoms with van der Waals surface area (Å²) in [5.41, 5.74) is -0.420. The van der Waals surface area contributed by atoms with Crippen molar-refractivity contribution in [2.45, 2.75) is 23.8 Å². The molecule has 1 fully saturated rings. The smallest absolute Gasteiger partial charge is 0.289 e. The molecule has 2 aromatic carbocycles. The van der Waals surface area contributed by atoms with E-state index in [4.69, 9.17) is 4.74 Å². The molecule has 150 valence electrons. The molecule has 0 amide bonds. The van der Waals surface area contributed by atoms with E-state index in [0.29, 0.717) is 18.7 Å². The third-order valence-electron chi connectivity index (χ3n) is 4.90. The topological polar surface area (TPSA) is 116 Å². The van der Waals surface area contributed by atoms with Gasteiger partial charge < -0.3 is 4.74 Å². The summed E-state index contributed by atoms with van der Waals surface area (Å²) in [5.74, 6) is 0.420. The highest BCUT2D eigenvalue weighted by Gasteiger charge is 2.34. The number of nitro groups is 1. The van der Waals surface area contributed by atoms with Crippen molar-refractivity contribution < 1.29 is 18.1 Å². The van der Waals surface area contributed by atoms with E-state index in [1.54, 1.807) is 6.20 Å². The van der Waals surface area contributed by atoms with Crippen LogP contribution in [-0.2, 0) is 10.0 Å². The van der Waals surface area contributed by atoms with E-state index in [1.165, 1.54) is 28.6 Å². The lowest BCUT2D eigenvalue weighted by Gasteiger charge is -2.31. The lowest BCUT2D eigenvalue weighted by Crippen LogP contribution is -2.42. The fraction of sp³-hybridized carbons (Fsp3) is 0.263. The molecular weight excluding hydrogens is 396 g/mol. The van der Waals surface area contributed by atoms with Gasteiger partial charge in [0.1, 0.15) is 6.10 Å². The Kier molecular flexibility index (Phi) is 5.12. The van der Waals surface area contributed by atoms with Crippen LogP contribution in [0.15, 0.2) is 59.6 Å². The van der Waals surface area contributed by atoms with Crippen LogP contribution < -0.4 is 4.74 Å². The van der Waals surface area contributed by atoms with Gasteiger partial charge in [0.25, 0.3) is 5.69 Å². The van der Waals surface area contributed by atoms with E-state index in [9.17, 15) is 18.5 Å². The second-order valence-corrected chi connectivity index (χ2v) is 8.59. The van der Waals surface area contributed by atoms with Crippen molar-refractivity contribution in [3.8, 4) is 5.88 Å². The standard InChI is InChI=1S/C19H18N4O5S/c24-23(25)17-7-3-4-8-18(17)29(26,27)22-11-9-15(10-12-22)28-19-16-6-2-1-5-14(16)13-20-21-19/h1-8,13,15H,9-12H2. The number of para-hydroxylation sites is 1. The van der Waals surface area contributed by atoms with Crippen LogP contribution in [0.25, 0.3) is 10.8 Å². The highest BCUT2D eigenvalue weighted by Crippen LogP contribution is 2.30. The molecule has 0 spiro atoms. The Balaban J connectivity index is 1.49. The SMILES string of the molecule is O=[N+]([O-])c1ccccc1S(=O)(=O)N1CCC(Oc2nncc3ccccc23)CC1. The third-order valence-corrected chi connectivity index (χ3v) is 6.84. The molecule has 0 radical (unpaired) electrons. The first-order valence-electron chi connectivity index (χ1n) is 9.07. The maximum Gasteiger partial charge on any atom is 0.289 e. The molecule has 1 aromatic heterocycles. The van der Waals surface area contributed by atoms with Crippen LogP contribution >= 0.6 is 0 Å². The number of hydrogen-bond acceptors (Lipinski definition) is 7. The second-order valence-electron chi connectivity index (χ2n) is 6.68. The monoisotopic (exact) mass is 414 g/mol. The van der Waals surface area contributed by atoms with Crippen LogP contribution in [0.2, 0.25) is 0 Å². The highest BCUT2D eigenvalue weighted by molar-refractivity contribution is 7.89. The van der Waals surface area contributed by atoms with Crippen LogP contribution in [0.1, 0.15) is 12.8 Å². The molecule has 1 aliphatic heterocycles. The van der Waals surface area contributed by atoms with Gasteiger partial charge in [-0.1, -0.05) is 30.3 Å². The van der Waals surface area contributed by atoms with Crippen molar-refractivity contribution in [2.75, 3.05) is 13.1 Å². The number of rotatable bonds is 5. The summed E-state index contributed by atoms with van der Waals surface area (Å²) in [6, 6.07) is 13.0. The summed E-state index contributed by atoms with van der Waals surface area (Å²) in [7, 11) is -3.96. The van der Waals surface area contributed by atoms with E-state index in [2.05, 4.69) is 10.2 Å². The fourth-order valence-corrected chi connectivity index (χ4v) is 5.03. The molecular formula is C19H18N4O5S. The number of ether oxygens (including phenoxy) is 1. The number of sulfonamides is 1. The first-order valence-corrected chi connectivity index (χ1v) is 10.5. The van der Waals surface area contributed by atoms with Gasteiger partial charge >= 0.3 is 0 Å². The van der Waals surface area contributed by atoms with E-state index in [-0.39, 0.29) is 24.1 Å². The van der Waals surface area contributed by atoms with Crippen LogP contribution in [0.5, 0.6) is 5.88 Å². The molecule has 1 saturated heterocycles. The molecule has 1 aliphatic rings. The Morgan fingerprint density at radius 1 is 1.07 bits per heavy atom. The van der Waals surface area contributed by atoms with Crippen LogP contribution in [0.4, 0.5) is 5.69 Å². The van der Waals surface area contributed by atoms with Gasteiger partial charge in [0.2, 0.25) is 15.9 Å². The van der Waals surface area contributed by atoms with Gasteiger partial charge in [-0.25, -0.2) is 8.42 Å². The Labute approximate surface area is 167 Å².